The lowest BCUT2D eigenvalue weighted by Gasteiger charge is -2.22. The summed E-state index contributed by atoms with van der Waals surface area (Å²) in [6.45, 7) is 5.25. The van der Waals surface area contributed by atoms with Gasteiger partial charge in [0.1, 0.15) is 0 Å². The van der Waals surface area contributed by atoms with Crippen molar-refractivity contribution in [1.82, 2.24) is 15.5 Å². The Morgan fingerprint density at radius 1 is 1.42 bits per heavy atom. The first-order valence-electron chi connectivity index (χ1n) is 6.90. The van der Waals surface area contributed by atoms with Crippen molar-refractivity contribution in [2.75, 3.05) is 6.54 Å². The van der Waals surface area contributed by atoms with E-state index >= 15 is 0 Å². The molecule has 0 radical (unpaired) electrons. The molecule has 100 valence electrons. The van der Waals surface area contributed by atoms with Crippen molar-refractivity contribution in [3.8, 4) is 11.4 Å². The van der Waals surface area contributed by atoms with Crippen LogP contribution < -0.4 is 5.32 Å². The highest BCUT2D eigenvalue weighted by molar-refractivity contribution is 5.55. The summed E-state index contributed by atoms with van der Waals surface area (Å²) in [5.74, 6) is 1.41. The van der Waals surface area contributed by atoms with Gasteiger partial charge < -0.3 is 9.84 Å². The quantitative estimate of drug-likeness (QED) is 0.918. The van der Waals surface area contributed by atoms with Crippen molar-refractivity contribution < 1.29 is 4.52 Å². The van der Waals surface area contributed by atoms with E-state index in [-0.39, 0.29) is 5.54 Å². The van der Waals surface area contributed by atoms with E-state index in [0.29, 0.717) is 5.82 Å². The molecule has 0 aliphatic carbocycles. The third kappa shape index (κ3) is 2.16. The van der Waals surface area contributed by atoms with Gasteiger partial charge in [0.15, 0.2) is 0 Å². The lowest BCUT2D eigenvalue weighted by molar-refractivity contribution is 0.250. The van der Waals surface area contributed by atoms with E-state index in [1.165, 1.54) is 5.56 Å². The maximum absolute atomic E-state index is 5.51. The summed E-state index contributed by atoms with van der Waals surface area (Å²) in [6, 6.07) is 8.18. The topological polar surface area (TPSA) is 51.0 Å². The van der Waals surface area contributed by atoms with Gasteiger partial charge >= 0.3 is 0 Å². The Balaban J connectivity index is 1.95. The van der Waals surface area contributed by atoms with E-state index in [0.717, 1.165) is 37.3 Å². The first kappa shape index (κ1) is 12.4. The molecule has 1 aromatic carbocycles. The summed E-state index contributed by atoms with van der Waals surface area (Å²) in [5, 5.41) is 7.65. The molecule has 1 saturated heterocycles. The first-order chi connectivity index (χ1) is 9.23. The summed E-state index contributed by atoms with van der Waals surface area (Å²) < 4.78 is 5.51. The second-order valence-corrected chi connectivity index (χ2v) is 5.26. The van der Waals surface area contributed by atoms with Crippen molar-refractivity contribution in [3.05, 3.63) is 35.7 Å². The predicted molar refractivity (Wildman–Crippen MR) is 73.7 cm³/mol. The van der Waals surface area contributed by atoms with E-state index in [4.69, 9.17) is 4.52 Å². The van der Waals surface area contributed by atoms with Crippen molar-refractivity contribution in [2.45, 2.75) is 38.6 Å². The second kappa shape index (κ2) is 4.78. The minimum atomic E-state index is -0.116. The highest BCUT2D eigenvalue weighted by Crippen LogP contribution is 2.33. The van der Waals surface area contributed by atoms with Gasteiger partial charge in [0.2, 0.25) is 11.7 Å². The molecule has 4 nitrogen and oxygen atoms in total. The van der Waals surface area contributed by atoms with Gasteiger partial charge in [0.05, 0.1) is 5.54 Å². The van der Waals surface area contributed by atoms with Crippen LogP contribution in [0.1, 0.15) is 37.6 Å². The fraction of sp³-hybridized carbons (Fsp3) is 0.467. The highest BCUT2D eigenvalue weighted by Gasteiger charge is 2.38. The van der Waals surface area contributed by atoms with Gasteiger partial charge in [-0.05, 0) is 38.8 Å². The molecule has 1 aromatic heterocycles. The number of benzene rings is 1. The van der Waals surface area contributed by atoms with Crippen LogP contribution in [0.3, 0.4) is 0 Å². The maximum atomic E-state index is 5.51. The summed E-state index contributed by atoms with van der Waals surface area (Å²) in [5.41, 5.74) is 2.10. The Morgan fingerprint density at radius 2 is 2.32 bits per heavy atom. The van der Waals surface area contributed by atoms with Crippen LogP contribution in [-0.2, 0) is 5.54 Å². The SMILES string of the molecule is CCC1(c2nc(-c3cccc(C)c3)no2)CCCN1. The molecule has 1 aliphatic rings. The maximum Gasteiger partial charge on any atom is 0.247 e. The van der Waals surface area contributed by atoms with Gasteiger partial charge in [-0.15, -0.1) is 0 Å². The number of nitrogens with zero attached hydrogens (tertiary/aromatic N) is 2. The van der Waals surface area contributed by atoms with Crippen LogP contribution >= 0.6 is 0 Å². The first-order valence-corrected chi connectivity index (χ1v) is 6.90. The van der Waals surface area contributed by atoms with Gasteiger partial charge in [-0.25, -0.2) is 0 Å². The lowest BCUT2D eigenvalue weighted by atomic mass is 9.94. The smallest absolute Gasteiger partial charge is 0.247 e. The van der Waals surface area contributed by atoms with Gasteiger partial charge in [0, 0.05) is 5.56 Å². The minimum Gasteiger partial charge on any atom is -0.337 e. The molecule has 1 aliphatic heterocycles. The van der Waals surface area contributed by atoms with E-state index in [9.17, 15) is 0 Å². The summed E-state index contributed by atoms with van der Waals surface area (Å²) >= 11 is 0. The standard InChI is InChI=1S/C15H19N3O/c1-3-15(8-5-9-16-15)14-17-13(18-19-14)12-7-4-6-11(2)10-12/h4,6-7,10,16H,3,5,8-9H2,1-2H3. The summed E-state index contributed by atoms with van der Waals surface area (Å²) in [7, 11) is 0. The van der Waals surface area contributed by atoms with Crippen molar-refractivity contribution >= 4 is 0 Å². The number of nitrogens with one attached hydrogen (secondary N) is 1. The minimum absolute atomic E-state index is 0.116. The molecule has 0 bridgehead atoms. The van der Waals surface area contributed by atoms with Crippen LogP contribution in [0.2, 0.25) is 0 Å². The van der Waals surface area contributed by atoms with Crippen molar-refractivity contribution in [1.29, 1.82) is 0 Å². The Morgan fingerprint density at radius 3 is 3.00 bits per heavy atom. The molecule has 0 amide bonds. The average molecular weight is 257 g/mol. The number of hydrogen-bond acceptors (Lipinski definition) is 4. The van der Waals surface area contributed by atoms with E-state index < -0.39 is 0 Å². The Bertz CT molecular complexity index is 570. The van der Waals surface area contributed by atoms with Gasteiger partial charge in [-0.2, -0.15) is 4.98 Å². The van der Waals surface area contributed by atoms with E-state index in [2.05, 4.69) is 41.4 Å². The monoisotopic (exact) mass is 257 g/mol. The zero-order valence-corrected chi connectivity index (χ0v) is 11.4. The third-order valence-electron chi connectivity index (χ3n) is 3.96. The van der Waals surface area contributed by atoms with E-state index in [1.54, 1.807) is 0 Å². The lowest BCUT2D eigenvalue weighted by Crippen LogP contribution is -2.36. The molecule has 1 unspecified atom stereocenters. The average Bonchev–Trinajstić information content (AvgIpc) is 3.08. The molecule has 4 heteroatoms. The Hall–Kier alpha value is -1.68. The molecule has 2 heterocycles. The fourth-order valence-electron chi connectivity index (χ4n) is 2.76. The Kier molecular flexibility index (Phi) is 3.11. The molecular weight excluding hydrogens is 238 g/mol. The number of aryl methyl sites for hydroxylation is 1. The zero-order valence-electron chi connectivity index (χ0n) is 11.4. The van der Waals surface area contributed by atoms with Gasteiger partial charge in [-0.1, -0.05) is 35.8 Å². The predicted octanol–water partition coefficient (Wildman–Crippen LogP) is 3.03. The third-order valence-corrected chi connectivity index (χ3v) is 3.96. The number of aromatic nitrogens is 2. The molecular formula is C15H19N3O. The highest BCUT2D eigenvalue weighted by atomic mass is 16.5. The van der Waals surface area contributed by atoms with Crippen LogP contribution in [0.5, 0.6) is 0 Å². The molecule has 1 N–H and O–H groups in total. The van der Waals surface area contributed by atoms with E-state index in [1.807, 2.05) is 12.1 Å². The Labute approximate surface area is 113 Å². The summed E-state index contributed by atoms with van der Waals surface area (Å²) in [6.07, 6.45) is 3.21. The second-order valence-electron chi connectivity index (χ2n) is 5.26. The molecule has 1 atom stereocenters. The summed E-state index contributed by atoms with van der Waals surface area (Å²) in [4.78, 5) is 4.61. The van der Waals surface area contributed by atoms with Crippen molar-refractivity contribution in [2.24, 2.45) is 0 Å². The number of hydrogen-bond donors (Lipinski definition) is 1. The normalized spacial score (nSPS) is 22.8. The van der Waals surface area contributed by atoms with Crippen LogP contribution in [-0.4, -0.2) is 16.7 Å². The molecule has 0 saturated carbocycles. The molecule has 1 fully saturated rings. The molecule has 2 aromatic rings. The van der Waals surface area contributed by atoms with Crippen LogP contribution in [0.4, 0.5) is 0 Å². The van der Waals surface area contributed by atoms with Crippen LogP contribution in [0.15, 0.2) is 28.8 Å². The number of rotatable bonds is 3. The van der Waals surface area contributed by atoms with Crippen molar-refractivity contribution in [3.63, 3.8) is 0 Å². The van der Waals surface area contributed by atoms with Gasteiger partial charge in [0.25, 0.3) is 0 Å². The molecule has 3 rings (SSSR count). The molecule has 19 heavy (non-hydrogen) atoms. The van der Waals surface area contributed by atoms with Crippen LogP contribution in [0, 0.1) is 6.92 Å². The molecule has 0 spiro atoms. The fourth-order valence-corrected chi connectivity index (χ4v) is 2.76. The zero-order chi connectivity index (χ0) is 13.3. The largest absolute Gasteiger partial charge is 0.337 e. The van der Waals surface area contributed by atoms with Crippen LogP contribution in [0.25, 0.3) is 11.4 Å². The van der Waals surface area contributed by atoms with Gasteiger partial charge in [-0.3, -0.25) is 0 Å².